The second-order valence-electron chi connectivity index (χ2n) is 3.11. The van der Waals surface area contributed by atoms with E-state index >= 15 is 0 Å². The van der Waals surface area contributed by atoms with Gasteiger partial charge in [0.25, 0.3) is 0 Å². The summed E-state index contributed by atoms with van der Waals surface area (Å²) in [6.45, 7) is 11.1. The van der Waals surface area contributed by atoms with Crippen LogP contribution in [-0.4, -0.2) is 12.6 Å². The average Bonchev–Trinajstić information content (AvgIpc) is 2.21. The third kappa shape index (κ3) is 5.57. The minimum atomic E-state index is -0.205. The Balaban J connectivity index is 3.80. The zero-order valence-corrected chi connectivity index (χ0v) is 8.71. The van der Waals surface area contributed by atoms with E-state index in [1.54, 1.807) is 12.2 Å². The van der Waals surface area contributed by atoms with Gasteiger partial charge in [-0.1, -0.05) is 44.9 Å². The van der Waals surface area contributed by atoms with Gasteiger partial charge in [-0.15, -0.1) is 6.58 Å². The predicted octanol–water partition coefficient (Wildman–Crippen LogP) is 2.91. The lowest BCUT2D eigenvalue weighted by Gasteiger charge is -2.10. The molecule has 0 aromatic rings. The topological polar surface area (TPSA) is 26.3 Å². The van der Waals surface area contributed by atoms with Gasteiger partial charge in [-0.3, -0.25) is 4.79 Å². The third-order valence-corrected chi connectivity index (χ3v) is 1.95. The maximum Gasteiger partial charge on any atom is 0.313 e. The number of hydrogen-bond acceptors (Lipinski definition) is 2. The molecular formula is C12H19O2. The molecule has 0 spiro atoms. The fourth-order valence-electron chi connectivity index (χ4n) is 1.12. The molecule has 0 aromatic heterocycles. The molecule has 0 aliphatic rings. The van der Waals surface area contributed by atoms with Gasteiger partial charge < -0.3 is 4.74 Å². The van der Waals surface area contributed by atoms with E-state index in [2.05, 4.69) is 20.1 Å². The Labute approximate surface area is 86.6 Å². The molecule has 2 heteroatoms. The Bertz CT molecular complexity index is 185. The lowest BCUT2D eigenvalue weighted by Crippen LogP contribution is -2.15. The molecule has 0 saturated carbocycles. The highest BCUT2D eigenvalue weighted by molar-refractivity contribution is 5.74. The molecule has 0 aromatic carbocycles. The van der Waals surface area contributed by atoms with E-state index in [-0.39, 0.29) is 18.5 Å². The van der Waals surface area contributed by atoms with Gasteiger partial charge in [0.15, 0.2) is 0 Å². The largest absolute Gasteiger partial charge is 0.461 e. The molecule has 0 aliphatic carbocycles. The van der Waals surface area contributed by atoms with Crippen LogP contribution >= 0.6 is 0 Å². The summed E-state index contributed by atoms with van der Waals surface area (Å²) in [7, 11) is 0. The fraction of sp³-hybridized carbons (Fsp3) is 0.500. The van der Waals surface area contributed by atoms with Crippen LogP contribution in [0.25, 0.3) is 0 Å². The first-order valence-electron chi connectivity index (χ1n) is 4.95. The molecular weight excluding hydrogens is 176 g/mol. The summed E-state index contributed by atoms with van der Waals surface area (Å²) in [6.07, 6.45) is 6.95. The lowest BCUT2D eigenvalue weighted by atomic mass is 10.0. The molecule has 0 saturated heterocycles. The molecule has 14 heavy (non-hydrogen) atoms. The molecule has 1 radical (unpaired) electrons. The number of rotatable bonds is 8. The van der Waals surface area contributed by atoms with Crippen molar-refractivity contribution in [3.05, 3.63) is 32.2 Å². The van der Waals surface area contributed by atoms with Crippen LogP contribution in [0.4, 0.5) is 0 Å². The van der Waals surface area contributed by atoms with Crippen LogP contribution in [0.15, 0.2) is 25.3 Å². The van der Waals surface area contributed by atoms with Crippen LogP contribution in [-0.2, 0) is 9.53 Å². The summed E-state index contributed by atoms with van der Waals surface area (Å²) in [5.41, 5.74) is 0. The van der Waals surface area contributed by atoms with E-state index in [4.69, 9.17) is 4.74 Å². The Morgan fingerprint density at radius 1 is 1.36 bits per heavy atom. The highest BCUT2D eigenvalue weighted by Gasteiger charge is 2.14. The average molecular weight is 195 g/mol. The molecule has 0 N–H and O–H groups in total. The second-order valence-corrected chi connectivity index (χ2v) is 3.11. The Morgan fingerprint density at radius 3 is 2.57 bits per heavy atom. The second kappa shape index (κ2) is 8.54. The van der Waals surface area contributed by atoms with E-state index in [1.807, 2.05) is 0 Å². The Kier molecular flexibility index (Phi) is 7.90. The van der Waals surface area contributed by atoms with Crippen LogP contribution in [0.5, 0.6) is 0 Å². The van der Waals surface area contributed by atoms with Gasteiger partial charge in [-0.25, -0.2) is 0 Å². The Morgan fingerprint density at radius 2 is 2.07 bits per heavy atom. The summed E-state index contributed by atoms with van der Waals surface area (Å²) in [6, 6.07) is 0. The van der Waals surface area contributed by atoms with Gasteiger partial charge in [0.2, 0.25) is 0 Å². The van der Waals surface area contributed by atoms with Crippen LogP contribution in [0.3, 0.4) is 0 Å². The first kappa shape index (κ1) is 12.9. The van der Waals surface area contributed by atoms with E-state index in [1.165, 1.54) is 0 Å². The third-order valence-electron chi connectivity index (χ3n) is 1.95. The summed E-state index contributed by atoms with van der Waals surface area (Å²) in [4.78, 5) is 11.4. The number of hydrogen-bond donors (Lipinski definition) is 0. The zero-order valence-electron chi connectivity index (χ0n) is 8.71. The maximum atomic E-state index is 11.4. The first-order chi connectivity index (χ1) is 6.76. The van der Waals surface area contributed by atoms with Crippen LogP contribution in [0.1, 0.15) is 25.7 Å². The van der Waals surface area contributed by atoms with Crippen molar-refractivity contribution in [1.29, 1.82) is 0 Å². The normalized spacial score (nSPS) is 11.8. The van der Waals surface area contributed by atoms with Crippen molar-refractivity contribution in [2.24, 2.45) is 5.92 Å². The molecule has 0 heterocycles. The number of carbonyl (C=O) groups is 1. The smallest absolute Gasteiger partial charge is 0.313 e. The molecule has 2 nitrogen and oxygen atoms in total. The van der Waals surface area contributed by atoms with E-state index < -0.39 is 0 Å². The molecule has 0 bridgehead atoms. The molecule has 0 rings (SSSR count). The number of unbranched alkanes of at least 4 members (excludes halogenated alkanes) is 2. The SMILES string of the molecule is [CH2]CCCCC(C=C)C(=O)OCC=C. The van der Waals surface area contributed by atoms with Crippen molar-refractivity contribution >= 4 is 5.97 Å². The summed E-state index contributed by atoms with van der Waals surface area (Å²) < 4.78 is 4.93. The van der Waals surface area contributed by atoms with Gasteiger partial charge in [0.05, 0.1) is 5.92 Å². The summed E-state index contributed by atoms with van der Waals surface area (Å²) >= 11 is 0. The van der Waals surface area contributed by atoms with Crippen molar-refractivity contribution < 1.29 is 9.53 Å². The van der Waals surface area contributed by atoms with Crippen molar-refractivity contribution in [2.45, 2.75) is 25.7 Å². The van der Waals surface area contributed by atoms with Gasteiger partial charge in [0, 0.05) is 0 Å². The lowest BCUT2D eigenvalue weighted by molar-refractivity contribution is -0.145. The monoisotopic (exact) mass is 195 g/mol. The molecule has 1 unspecified atom stereocenters. The minimum absolute atomic E-state index is 0.179. The van der Waals surface area contributed by atoms with Crippen molar-refractivity contribution in [2.75, 3.05) is 6.61 Å². The van der Waals surface area contributed by atoms with E-state index in [9.17, 15) is 4.79 Å². The highest BCUT2D eigenvalue weighted by atomic mass is 16.5. The highest BCUT2D eigenvalue weighted by Crippen LogP contribution is 2.12. The number of ether oxygens (including phenoxy) is 1. The van der Waals surface area contributed by atoms with E-state index in [0.717, 1.165) is 25.7 Å². The molecule has 0 aliphatic heterocycles. The van der Waals surface area contributed by atoms with E-state index in [0.29, 0.717) is 0 Å². The van der Waals surface area contributed by atoms with Crippen molar-refractivity contribution in [3.8, 4) is 0 Å². The van der Waals surface area contributed by atoms with Crippen molar-refractivity contribution in [1.82, 2.24) is 0 Å². The zero-order chi connectivity index (χ0) is 10.8. The molecule has 79 valence electrons. The Hall–Kier alpha value is -1.05. The quantitative estimate of drug-likeness (QED) is 0.338. The standard InChI is InChI=1S/C12H19O2/c1-4-7-8-9-11(6-3)12(13)14-10-5-2/h5-6,11H,1-4,7-10H2. The molecule has 0 amide bonds. The molecule has 1 atom stereocenters. The maximum absolute atomic E-state index is 11.4. The van der Waals surface area contributed by atoms with Crippen molar-refractivity contribution in [3.63, 3.8) is 0 Å². The summed E-state index contributed by atoms with van der Waals surface area (Å²) in [5.74, 6) is -0.384. The van der Waals surface area contributed by atoms with Crippen LogP contribution in [0.2, 0.25) is 0 Å². The van der Waals surface area contributed by atoms with Gasteiger partial charge in [0.1, 0.15) is 6.61 Å². The van der Waals surface area contributed by atoms with Crippen LogP contribution in [0, 0.1) is 12.8 Å². The first-order valence-corrected chi connectivity index (χ1v) is 4.95. The number of carbonyl (C=O) groups excluding carboxylic acids is 1. The minimum Gasteiger partial charge on any atom is -0.461 e. The van der Waals surface area contributed by atoms with Gasteiger partial charge >= 0.3 is 5.97 Å². The fourth-order valence-corrected chi connectivity index (χ4v) is 1.12. The number of esters is 1. The summed E-state index contributed by atoms with van der Waals surface area (Å²) in [5, 5.41) is 0. The van der Waals surface area contributed by atoms with Gasteiger partial charge in [-0.2, -0.15) is 0 Å². The van der Waals surface area contributed by atoms with Crippen LogP contribution < -0.4 is 0 Å². The molecule has 0 fully saturated rings. The predicted molar refractivity (Wildman–Crippen MR) is 58.7 cm³/mol. The van der Waals surface area contributed by atoms with Gasteiger partial charge in [-0.05, 0) is 6.42 Å².